The van der Waals surface area contributed by atoms with E-state index in [2.05, 4.69) is 5.43 Å². The van der Waals surface area contributed by atoms with E-state index in [0.29, 0.717) is 6.54 Å². The zero-order valence-corrected chi connectivity index (χ0v) is 12.8. The molecule has 2 rings (SSSR count). The molecule has 0 aromatic heterocycles. The molecule has 0 fully saturated rings. The Morgan fingerprint density at radius 2 is 1.95 bits per heavy atom. The summed E-state index contributed by atoms with van der Waals surface area (Å²) in [4.78, 5) is 0. The van der Waals surface area contributed by atoms with Crippen LogP contribution in [0.3, 0.4) is 0 Å². The zero-order valence-electron chi connectivity index (χ0n) is 12.8. The van der Waals surface area contributed by atoms with E-state index in [-0.39, 0.29) is 0 Å². The lowest BCUT2D eigenvalue weighted by Crippen LogP contribution is -2.53. The minimum Gasteiger partial charge on any atom is -0.423 e. The van der Waals surface area contributed by atoms with Crippen LogP contribution in [0.1, 0.15) is 33.3 Å². The van der Waals surface area contributed by atoms with Gasteiger partial charge in [0, 0.05) is 13.6 Å². The van der Waals surface area contributed by atoms with Crippen LogP contribution in [0.2, 0.25) is 0 Å². The highest BCUT2D eigenvalue weighted by Crippen LogP contribution is 2.27. The first-order valence-corrected chi connectivity index (χ1v) is 6.81. The van der Waals surface area contributed by atoms with Crippen LogP contribution in [-0.4, -0.2) is 35.5 Å². The molecule has 0 radical (unpaired) electrons. The van der Waals surface area contributed by atoms with Gasteiger partial charge < -0.3 is 19.8 Å². The number of fused-ring (bicyclic) bond motifs is 1. The van der Waals surface area contributed by atoms with Crippen molar-refractivity contribution in [2.75, 3.05) is 12.1 Å². The molecule has 1 heterocycles. The molecule has 1 aromatic carbocycles. The van der Waals surface area contributed by atoms with Gasteiger partial charge in [-0.1, -0.05) is 12.1 Å². The van der Waals surface area contributed by atoms with E-state index in [9.17, 15) is 10.1 Å². The lowest BCUT2D eigenvalue weighted by atomic mass is 9.74. The summed E-state index contributed by atoms with van der Waals surface area (Å²) in [5.74, 6) is 0. The molecule has 0 amide bonds. The van der Waals surface area contributed by atoms with Gasteiger partial charge in [0.25, 0.3) is 0 Å². The fraction of sp³-hybridized carbons (Fsp3) is 0.571. The third-order valence-corrected chi connectivity index (χ3v) is 4.19. The molecule has 0 saturated carbocycles. The second-order valence-corrected chi connectivity index (χ2v) is 6.28. The van der Waals surface area contributed by atoms with Crippen molar-refractivity contribution >= 4 is 18.3 Å². The maximum Gasteiger partial charge on any atom is 0.492 e. The van der Waals surface area contributed by atoms with Crippen molar-refractivity contribution < 1.29 is 14.8 Å². The molecule has 0 aliphatic carbocycles. The van der Waals surface area contributed by atoms with Crippen LogP contribution in [0.25, 0.3) is 0 Å². The number of hydrogen-bond donors (Lipinski definition) is 3. The van der Waals surface area contributed by atoms with Gasteiger partial charge >= 0.3 is 7.12 Å². The van der Waals surface area contributed by atoms with Gasteiger partial charge in [0.2, 0.25) is 0 Å². The van der Waals surface area contributed by atoms with Crippen molar-refractivity contribution in [3.63, 3.8) is 0 Å². The average Bonchev–Trinajstić information content (AvgIpc) is 2.69. The molecule has 6 heteroatoms. The Kier molecular flexibility index (Phi) is 3.86. The monoisotopic (exact) mass is 278 g/mol. The molecule has 0 bridgehead atoms. The minimum absolute atomic E-state index is 0.658. The first-order valence-electron chi connectivity index (χ1n) is 6.81. The molecule has 0 unspecified atom stereocenters. The van der Waals surface area contributed by atoms with Crippen molar-refractivity contribution in [2.45, 2.75) is 45.4 Å². The largest absolute Gasteiger partial charge is 0.492 e. The highest BCUT2D eigenvalue weighted by atomic mass is 16.5. The Morgan fingerprint density at radius 3 is 2.55 bits per heavy atom. The second kappa shape index (κ2) is 5.04. The Hall–Kier alpha value is -1.08. The van der Waals surface area contributed by atoms with Crippen LogP contribution >= 0.6 is 0 Å². The molecular formula is C14H23BN2O3. The number of hydrogen-bond acceptors (Lipinski definition) is 5. The number of aliphatic hydroxyl groups is 1. The first-order chi connectivity index (χ1) is 9.13. The SMILES string of the molecule is CN1NCc2c(B(O)OC(C)(C)C(C)(C)O)cccc21. The Bertz CT molecular complexity index is 500. The Morgan fingerprint density at radius 1 is 1.30 bits per heavy atom. The maximum absolute atomic E-state index is 10.4. The van der Waals surface area contributed by atoms with Crippen LogP contribution < -0.4 is 15.9 Å². The molecule has 110 valence electrons. The van der Waals surface area contributed by atoms with Crippen LogP contribution in [0.15, 0.2) is 18.2 Å². The highest BCUT2D eigenvalue weighted by molar-refractivity contribution is 6.60. The van der Waals surface area contributed by atoms with Crippen molar-refractivity contribution in [3.8, 4) is 0 Å². The topological polar surface area (TPSA) is 65.0 Å². The third kappa shape index (κ3) is 2.69. The van der Waals surface area contributed by atoms with Crippen LogP contribution in [0.5, 0.6) is 0 Å². The normalized spacial score (nSPS) is 15.4. The predicted octanol–water partition coefficient (Wildman–Crippen LogP) is 0.395. The average molecular weight is 278 g/mol. The van der Waals surface area contributed by atoms with E-state index < -0.39 is 18.3 Å². The molecule has 1 aliphatic heterocycles. The van der Waals surface area contributed by atoms with Gasteiger partial charge in [-0.25, -0.2) is 5.43 Å². The van der Waals surface area contributed by atoms with E-state index in [1.54, 1.807) is 27.7 Å². The molecular weight excluding hydrogens is 255 g/mol. The standard InChI is InChI=1S/C14H23BN2O3/c1-13(2,18)14(3,4)20-15(19)11-7-6-8-12-10(11)9-16-17(12)5/h6-8,16,18-19H,9H2,1-5H3. The van der Waals surface area contributed by atoms with Crippen molar-refractivity contribution in [1.82, 2.24) is 5.43 Å². The van der Waals surface area contributed by atoms with Crippen LogP contribution in [0, 0.1) is 0 Å². The summed E-state index contributed by atoms with van der Waals surface area (Å²) >= 11 is 0. The first kappa shape index (κ1) is 15.3. The minimum atomic E-state index is -1.07. The van der Waals surface area contributed by atoms with Gasteiger partial charge in [0.15, 0.2) is 0 Å². The summed E-state index contributed by atoms with van der Waals surface area (Å²) in [6.07, 6.45) is 0. The fourth-order valence-electron chi connectivity index (χ4n) is 2.10. The molecule has 20 heavy (non-hydrogen) atoms. The van der Waals surface area contributed by atoms with Gasteiger partial charge in [-0.05, 0) is 44.8 Å². The van der Waals surface area contributed by atoms with E-state index >= 15 is 0 Å². The number of nitrogens with zero attached hydrogens (tertiary/aromatic N) is 1. The highest BCUT2D eigenvalue weighted by Gasteiger charge is 2.40. The summed E-state index contributed by atoms with van der Waals surface area (Å²) in [7, 11) is 0.864. The molecule has 5 nitrogen and oxygen atoms in total. The molecule has 0 spiro atoms. The number of anilines is 1. The number of nitrogens with one attached hydrogen (secondary N) is 1. The van der Waals surface area contributed by atoms with Crippen LogP contribution in [-0.2, 0) is 11.2 Å². The van der Waals surface area contributed by atoms with E-state index in [4.69, 9.17) is 4.65 Å². The smallest absolute Gasteiger partial charge is 0.423 e. The molecule has 3 N–H and O–H groups in total. The van der Waals surface area contributed by atoms with Gasteiger partial charge in [-0.2, -0.15) is 0 Å². The van der Waals surface area contributed by atoms with E-state index in [1.807, 2.05) is 30.3 Å². The second-order valence-electron chi connectivity index (χ2n) is 6.28. The lowest BCUT2D eigenvalue weighted by molar-refractivity contribution is -0.0982. The van der Waals surface area contributed by atoms with Crippen molar-refractivity contribution in [2.24, 2.45) is 0 Å². The summed E-state index contributed by atoms with van der Waals surface area (Å²) in [5, 5.41) is 22.4. The summed E-state index contributed by atoms with van der Waals surface area (Å²) in [6, 6.07) is 5.73. The van der Waals surface area contributed by atoms with E-state index in [1.165, 1.54) is 0 Å². The van der Waals surface area contributed by atoms with E-state index in [0.717, 1.165) is 16.7 Å². The number of benzene rings is 1. The number of rotatable bonds is 4. The van der Waals surface area contributed by atoms with Gasteiger partial charge in [0.05, 0.1) is 16.9 Å². The van der Waals surface area contributed by atoms with Gasteiger partial charge in [-0.15, -0.1) is 0 Å². The zero-order chi connectivity index (χ0) is 15.1. The quantitative estimate of drug-likeness (QED) is 0.696. The lowest BCUT2D eigenvalue weighted by Gasteiger charge is -2.38. The summed E-state index contributed by atoms with van der Waals surface area (Å²) < 4.78 is 5.71. The molecule has 1 aromatic rings. The van der Waals surface area contributed by atoms with Crippen molar-refractivity contribution in [3.05, 3.63) is 23.8 Å². The maximum atomic E-state index is 10.4. The van der Waals surface area contributed by atoms with Crippen molar-refractivity contribution in [1.29, 1.82) is 0 Å². The van der Waals surface area contributed by atoms with Crippen LogP contribution in [0.4, 0.5) is 5.69 Å². The molecule has 0 atom stereocenters. The summed E-state index contributed by atoms with van der Waals surface area (Å²) in [6.45, 7) is 7.54. The molecule has 1 aliphatic rings. The fourth-order valence-corrected chi connectivity index (χ4v) is 2.10. The Labute approximate surface area is 120 Å². The molecule has 0 saturated heterocycles. The predicted molar refractivity (Wildman–Crippen MR) is 80.8 cm³/mol. The number of hydrazine groups is 1. The van der Waals surface area contributed by atoms with Gasteiger partial charge in [-0.3, -0.25) is 0 Å². The Balaban J connectivity index is 2.26. The van der Waals surface area contributed by atoms with Gasteiger partial charge in [0.1, 0.15) is 0 Å². The third-order valence-electron chi connectivity index (χ3n) is 4.19. The summed E-state index contributed by atoms with van der Waals surface area (Å²) in [5.41, 5.74) is 4.06.